The summed E-state index contributed by atoms with van der Waals surface area (Å²) in [5, 5.41) is 5.75. The SMILES string of the molecule is Cc1ccc(NC(=O)C2CC2C(=O)NCCN(C)C)cc1Br. The number of amides is 2. The van der Waals surface area contributed by atoms with Crippen LogP contribution in [0.15, 0.2) is 22.7 Å². The first-order valence-electron chi connectivity index (χ1n) is 7.38. The van der Waals surface area contributed by atoms with Gasteiger partial charge in [0.1, 0.15) is 0 Å². The first kappa shape index (κ1) is 17.0. The molecule has 1 aromatic carbocycles. The molecule has 2 rings (SSSR count). The molecule has 0 aromatic heterocycles. The number of rotatable bonds is 6. The molecule has 5 nitrogen and oxygen atoms in total. The van der Waals surface area contributed by atoms with E-state index in [1.807, 2.05) is 44.1 Å². The average Bonchev–Trinajstić information content (AvgIpc) is 3.23. The molecular formula is C16H22BrN3O2. The number of hydrogen-bond acceptors (Lipinski definition) is 3. The monoisotopic (exact) mass is 367 g/mol. The number of hydrogen-bond donors (Lipinski definition) is 2. The van der Waals surface area contributed by atoms with Gasteiger partial charge in [-0.3, -0.25) is 9.59 Å². The summed E-state index contributed by atoms with van der Waals surface area (Å²) < 4.78 is 0.957. The van der Waals surface area contributed by atoms with Gasteiger partial charge in [-0.15, -0.1) is 0 Å². The second kappa shape index (κ2) is 7.24. The fourth-order valence-electron chi connectivity index (χ4n) is 2.21. The number of likely N-dealkylation sites (N-methyl/N-ethyl adjacent to an activating group) is 1. The number of aryl methyl sites for hydroxylation is 1. The zero-order chi connectivity index (χ0) is 16.3. The highest BCUT2D eigenvalue weighted by Gasteiger charge is 2.47. The van der Waals surface area contributed by atoms with Crippen LogP contribution in [0.4, 0.5) is 5.69 Å². The summed E-state index contributed by atoms with van der Waals surface area (Å²) in [5.41, 5.74) is 1.86. The fourth-order valence-corrected chi connectivity index (χ4v) is 2.59. The first-order valence-corrected chi connectivity index (χ1v) is 8.17. The van der Waals surface area contributed by atoms with Gasteiger partial charge in [0.2, 0.25) is 11.8 Å². The van der Waals surface area contributed by atoms with E-state index in [9.17, 15) is 9.59 Å². The number of nitrogens with one attached hydrogen (secondary N) is 2. The Bertz CT molecular complexity index is 575. The normalized spacial score (nSPS) is 19.9. The minimum absolute atomic E-state index is 0.0212. The molecule has 2 amide bonds. The van der Waals surface area contributed by atoms with Crippen molar-refractivity contribution in [1.82, 2.24) is 10.2 Å². The van der Waals surface area contributed by atoms with Gasteiger partial charge < -0.3 is 15.5 Å². The van der Waals surface area contributed by atoms with E-state index >= 15 is 0 Å². The van der Waals surface area contributed by atoms with E-state index in [2.05, 4.69) is 26.6 Å². The number of carbonyl (C=O) groups excluding carboxylic acids is 2. The van der Waals surface area contributed by atoms with E-state index in [4.69, 9.17) is 0 Å². The molecule has 0 bridgehead atoms. The molecule has 1 saturated carbocycles. The average molecular weight is 368 g/mol. The minimum atomic E-state index is -0.209. The van der Waals surface area contributed by atoms with Crippen molar-refractivity contribution in [1.29, 1.82) is 0 Å². The molecule has 1 fully saturated rings. The van der Waals surface area contributed by atoms with Gasteiger partial charge in [0.05, 0.1) is 11.8 Å². The lowest BCUT2D eigenvalue weighted by molar-refractivity contribution is -0.125. The Morgan fingerprint density at radius 2 is 1.95 bits per heavy atom. The minimum Gasteiger partial charge on any atom is -0.355 e. The Morgan fingerprint density at radius 1 is 1.27 bits per heavy atom. The van der Waals surface area contributed by atoms with Gasteiger partial charge in [0.25, 0.3) is 0 Å². The van der Waals surface area contributed by atoms with Crippen molar-refractivity contribution >= 4 is 33.4 Å². The van der Waals surface area contributed by atoms with Crippen molar-refractivity contribution in [2.45, 2.75) is 13.3 Å². The molecule has 1 aliphatic carbocycles. The topological polar surface area (TPSA) is 61.4 Å². The molecule has 0 heterocycles. The summed E-state index contributed by atoms with van der Waals surface area (Å²) >= 11 is 3.44. The highest BCUT2D eigenvalue weighted by atomic mass is 79.9. The largest absolute Gasteiger partial charge is 0.355 e. The maximum atomic E-state index is 12.2. The predicted octanol–water partition coefficient (Wildman–Crippen LogP) is 2.01. The van der Waals surface area contributed by atoms with Gasteiger partial charge in [0, 0.05) is 23.2 Å². The molecular weight excluding hydrogens is 346 g/mol. The standard InChI is InChI=1S/C16H22BrN3O2/c1-10-4-5-11(8-14(10)17)19-16(22)13-9-12(13)15(21)18-6-7-20(2)3/h4-5,8,12-13H,6-7,9H2,1-3H3,(H,18,21)(H,19,22). The quantitative estimate of drug-likeness (QED) is 0.808. The Morgan fingerprint density at radius 3 is 2.59 bits per heavy atom. The molecule has 120 valence electrons. The van der Waals surface area contributed by atoms with E-state index in [1.54, 1.807) is 0 Å². The molecule has 1 aromatic rings. The maximum Gasteiger partial charge on any atom is 0.228 e. The molecule has 2 atom stereocenters. The zero-order valence-corrected chi connectivity index (χ0v) is 14.7. The molecule has 6 heteroatoms. The van der Waals surface area contributed by atoms with Crippen molar-refractivity contribution in [2.75, 3.05) is 32.5 Å². The van der Waals surface area contributed by atoms with Gasteiger partial charge in [0.15, 0.2) is 0 Å². The number of halogens is 1. The van der Waals surface area contributed by atoms with Gasteiger partial charge >= 0.3 is 0 Å². The van der Waals surface area contributed by atoms with Crippen LogP contribution in [0, 0.1) is 18.8 Å². The summed E-state index contributed by atoms with van der Waals surface area (Å²) in [5.74, 6) is -0.494. The van der Waals surface area contributed by atoms with Gasteiger partial charge in [-0.25, -0.2) is 0 Å². The Hall–Kier alpha value is -1.40. The first-order chi connectivity index (χ1) is 10.4. The van der Waals surface area contributed by atoms with Gasteiger partial charge in [-0.1, -0.05) is 22.0 Å². The van der Waals surface area contributed by atoms with E-state index in [-0.39, 0.29) is 23.7 Å². The number of nitrogens with zero attached hydrogens (tertiary/aromatic N) is 1. The zero-order valence-electron chi connectivity index (χ0n) is 13.1. The van der Waals surface area contributed by atoms with E-state index < -0.39 is 0 Å². The predicted molar refractivity (Wildman–Crippen MR) is 90.7 cm³/mol. The van der Waals surface area contributed by atoms with Gasteiger partial charge in [-0.05, 0) is 45.1 Å². The van der Waals surface area contributed by atoms with Gasteiger partial charge in [-0.2, -0.15) is 0 Å². The third-order valence-electron chi connectivity index (χ3n) is 3.76. The lowest BCUT2D eigenvalue weighted by Crippen LogP contribution is -2.33. The summed E-state index contributed by atoms with van der Waals surface area (Å²) in [4.78, 5) is 26.1. The van der Waals surface area contributed by atoms with Crippen LogP contribution >= 0.6 is 15.9 Å². The molecule has 0 spiro atoms. The third-order valence-corrected chi connectivity index (χ3v) is 4.62. The Labute approximate surface area is 139 Å². The highest BCUT2D eigenvalue weighted by Crippen LogP contribution is 2.39. The molecule has 22 heavy (non-hydrogen) atoms. The van der Waals surface area contributed by atoms with Crippen molar-refractivity contribution in [3.8, 4) is 0 Å². The lowest BCUT2D eigenvalue weighted by atomic mass is 10.2. The van der Waals surface area contributed by atoms with Crippen LogP contribution in [0.3, 0.4) is 0 Å². The van der Waals surface area contributed by atoms with E-state index in [0.717, 1.165) is 22.3 Å². The Kier molecular flexibility index (Phi) is 5.58. The number of benzene rings is 1. The molecule has 0 aliphatic heterocycles. The maximum absolute atomic E-state index is 12.2. The van der Waals surface area contributed by atoms with Crippen LogP contribution in [0.2, 0.25) is 0 Å². The van der Waals surface area contributed by atoms with Crippen LogP contribution in [0.25, 0.3) is 0 Å². The van der Waals surface area contributed by atoms with Crippen LogP contribution in [-0.2, 0) is 9.59 Å². The molecule has 1 aliphatic rings. The van der Waals surface area contributed by atoms with Crippen LogP contribution in [-0.4, -0.2) is 43.9 Å². The number of anilines is 1. The van der Waals surface area contributed by atoms with Crippen molar-refractivity contribution in [3.63, 3.8) is 0 Å². The van der Waals surface area contributed by atoms with Crippen molar-refractivity contribution in [3.05, 3.63) is 28.2 Å². The van der Waals surface area contributed by atoms with Crippen LogP contribution in [0.1, 0.15) is 12.0 Å². The molecule has 2 unspecified atom stereocenters. The summed E-state index contributed by atoms with van der Waals surface area (Å²) in [6, 6.07) is 5.69. The molecule has 0 radical (unpaired) electrons. The third kappa shape index (κ3) is 4.55. The smallest absolute Gasteiger partial charge is 0.228 e. The summed E-state index contributed by atoms with van der Waals surface area (Å²) in [7, 11) is 3.92. The molecule has 2 N–H and O–H groups in total. The Balaban J connectivity index is 1.80. The van der Waals surface area contributed by atoms with Crippen molar-refractivity contribution in [2.24, 2.45) is 11.8 Å². The lowest BCUT2D eigenvalue weighted by Gasteiger charge is -2.10. The highest BCUT2D eigenvalue weighted by molar-refractivity contribution is 9.10. The fraction of sp³-hybridized carbons (Fsp3) is 0.500. The summed E-state index contributed by atoms with van der Waals surface area (Å²) in [6.45, 7) is 3.40. The van der Waals surface area contributed by atoms with Crippen molar-refractivity contribution < 1.29 is 9.59 Å². The van der Waals surface area contributed by atoms with E-state index in [1.165, 1.54) is 0 Å². The number of carbonyl (C=O) groups is 2. The summed E-state index contributed by atoms with van der Waals surface area (Å²) in [6.07, 6.45) is 0.632. The second-order valence-electron chi connectivity index (χ2n) is 6.00. The van der Waals surface area contributed by atoms with E-state index in [0.29, 0.717) is 13.0 Å². The second-order valence-corrected chi connectivity index (χ2v) is 6.85. The molecule has 0 saturated heterocycles. The van der Waals surface area contributed by atoms with Crippen LogP contribution in [0.5, 0.6) is 0 Å². The van der Waals surface area contributed by atoms with Crippen LogP contribution < -0.4 is 10.6 Å².